The average molecular weight is 467 g/mol. The predicted octanol–water partition coefficient (Wildman–Crippen LogP) is 1.91. The topological polar surface area (TPSA) is 102 Å². The first kappa shape index (κ1) is 24.1. The summed E-state index contributed by atoms with van der Waals surface area (Å²) in [4.78, 5) is 26.0. The molecule has 0 N–H and O–H groups in total. The normalized spacial score (nSPS) is 18.2. The Bertz CT molecular complexity index is 976. The minimum atomic E-state index is -3.92. The molecule has 0 atom stereocenters. The van der Waals surface area contributed by atoms with Gasteiger partial charge >= 0.3 is 5.97 Å². The van der Waals surface area contributed by atoms with Gasteiger partial charge in [-0.05, 0) is 49.5 Å². The number of nitrogens with zero attached hydrogens (tertiary/aromatic N) is 2. The van der Waals surface area contributed by atoms with Gasteiger partial charge < -0.3 is 19.1 Å². The van der Waals surface area contributed by atoms with Crippen LogP contribution in [0.3, 0.4) is 0 Å². The number of likely N-dealkylation sites (tertiary alicyclic amines) is 1. The van der Waals surface area contributed by atoms with Crippen molar-refractivity contribution >= 4 is 28.0 Å². The lowest BCUT2D eigenvalue weighted by atomic mass is 9.97. The molecule has 2 saturated heterocycles. The molecule has 1 aromatic carbocycles. The molecule has 3 rings (SSSR count). The van der Waals surface area contributed by atoms with Crippen molar-refractivity contribution in [3.8, 4) is 11.5 Å². The van der Waals surface area contributed by atoms with Crippen LogP contribution in [0.25, 0.3) is 6.08 Å². The number of carbonyl (C=O) groups excluding carboxylic acids is 2. The fraction of sp³-hybridized carbons (Fsp3) is 0.545. The molecule has 1 amide bonds. The smallest absolute Gasteiger partial charge is 0.330 e. The quantitative estimate of drug-likeness (QED) is 0.447. The van der Waals surface area contributed by atoms with Crippen LogP contribution in [0.2, 0.25) is 0 Å². The van der Waals surface area contributed by atoms with Crippen LogP contribution in [-0.4, -0.2) is 77.0 Å². The van der Waals surface area contributed by atoms with E-state index in [1.54, 1.807) is 6.07 Å². The Morgan fingerprint density at radius 2 is 1.66 bits per heavy atom. The van der Waals surface area contributed by atoms with Crippen LogP contribution in [0.5, 0.6) is 11.5 Å². The van der Waals surface area contributed by atoms with Crippen molar-refractivity contribution in [2.75, 3.05) is 47.5 Å². The number of benzene rings is 1. The van der Waals surface area contributed by atoms with Gasteiger partial charge in [0.2, 0.25) is 15.9 Å². The molecule has 2 aliphatic rings. The second-order valence-electron chi connectivity index (χ2n) is 7.82. The average Bonchev–Trinajstić information content (AvgIpc) is 3.36. The molecule has 32 heavy (non-hydrogen) atoms. The van der Waals surface area contributed by atoms with Crippen LogP contribution in [0.15, 0.2) is 23.1 Å². The number of sulfonamides is 1. The van der Waals surface area contributed by atoms with Gasteiger partial charge in [-0.3, -0.25) is 4.79 Å². The van der Waals surface area contributed by atoms with Crippen molar-refractivity contribution in [1.82, 2.24) is 9.21 Å². The number of hydrogen-bond donors (Lipinski definition) is 0. The zero-order valence-corrected chi connectivity index (χ0v) is 19.5. The Kier molecular flexibility index (Phi) is 7.78. The zero-order chi connectivity index (χ0) is 23.3. The Balaban J connectivity index is 1.84. The van der Waals surface area contributed by atoms with Crippen molar-refractivity contribution in [3.05, 3.63) is 23.8 Å². The highest BCUT2D eigenvalue weighted by atomic mass is 32.2. The van der Waals surface area contributed by atoms with Gasteiger partial charge in [-0.15, -0.1) is 0 Å². The number of piperidine rings is 1. The van der Waals surface area contributed by atoms with Gasteiger partial charge in [0.05, 0.1) is 21.3 Å². The highest BCUT2D eigenvalue weighted by Crippen LogP contribution is 2.38. The van der Waals surface area contributed by atoms with Crippen LogP contribution in [0.1, 0.15) is 31.2 Å². The highest BCUT2D eigenvalue weighted by molar-refractivity contribution is 7.89. The molecule has 0 spiro atoms. The third kappa shape index (κ3) is 5.07. The van der Waals surface area contributed by atoms with Crippen molar-refractivity contribution < 1.29 is 32.2 Å². The summed E-state index contributed by atoms with van der Waals surface area (Å²) >= 11 is 0. The van der Waals surface area contributed by atoms with Gasteiger partial charge in [0.15, 0.2) is 11.5 Å². The van der Waals surface area contributed by atoms with Gasteiger partial charge in [-0.1, -0.05) is 0 Å². The molecule has 0 aliphatic carbocycles. The number of carbonyl (C=O) groups is 2. The maximum Gasteiger partial charge on any atom is 0.330 e. The predicted molar refractivity (Wildman–Crippen MR) is 118 cm³/mol. The molecule has 2 fully saturated rings. The van der Waals surface area contributed by atoms with Crippen LogP contribution >= 0.6 is 0 Å². The summed E-state index contributed by atoms with van der Waals surface area (Å²) in [5, 5.41) is 0. The number of methoxy groups -OCH3 is 3. The lowest BCUT2D eigenvalue weighted by molar-refractivity contribution is -0.136. The minimum Gasteiger partial charge on any atom is -0.493 e. The van der Waals surface area contributed by atoms with E-state index in [9.17, 15) is 18.0 Å². The van der Waals surface area contributed by atoms with Crippen molar-refractivity contribution in [2.24, 2.45) is 5.92 Å². The summed E-state index contributed by atoms with van der Waals surface area (Å²) in [6.45, 7) is 2.08. The summed E-state index contributed by atoms with van der Waals surface area (Å²) in [5.41, 5.74) is 0.450. The molecule has 176 valence electrons. The molecule has 1 aromatic rings. The molecule has 9 nitrogen and oxygen atoms in total. The molecule has 0 saturated carbocycles. The van der Waals surface area contributed by atoms with Crippen molar-refractivity contribution in [2.45, 2.75) is 30.6 Å². The number of amides is 1. The Hall–Kier alpha value is -2.59. The lowest BCUT2D eigenvalue weighted by Crippen LogP contribution is -2.43. The minimum absolute atomic E-state index is 0.0480. The molecule has 2 aliphatic heterocycles. The van der Waals surface area contributed by atoms with Crippen molar-refractivity contribution in [1.29, 1.82) is 0 Å². The van der Waals surface area contributed by atoms with Gasteiger partial charge in [-0.25, -0.2) is 13.2 Å². The van der Waals surface area contributed by atoms with E-state index in [1.807, 2.05) is 4.90 Å². The van der Waals surface area contributed by atoms with Gasteiger partial charge in [0.25, 0.3) is 0 Å². The fourth-order valence-electron chi connectivity index (χ4n) is 4.15. The Labute approximate surface area is 189 Å². The highest BCUT2D eigenvalue weighted by Gasteiger charge is 2.36. The summed E-state index contributed by atoms with van der Waals surface area (Å²) in [6.07, 6.45) is 5.68. The van der Waals surface area contributed by atoms with Gasteiger partial charge in [-0.2, -0.15) is 4.31 Å². The van der Waals surface area contributed by atoms with Crippen LogP contribution in [0.4, 0.5) is 0 Å². The van der Waals surface area contributed by atoms with Gasteiger partial charge in [0, 0.05) is 38.2 Å². The summed E-state index contributed by atoms with van der Waals surface area (Å²) in [5.74, 6) is -0.247. The Morgan fingerprint density at radius 3 is 2.22 bits per heavy atom. The molecule has 2 heterocycles. The maximum atomic E-state index is 13.5. The third-order valence-corrected chi connectivity index (χ3v) is 7.82. The molecule has 0 unspecified atom stereocenters. The van der Waals surface area contributed by atoms with E-state index >= 15 is 0 Å². The SMILES string of the molecule is COC(=O)/C=C/c1cc(OC)c(OC)c(S(=O)(=O)N2CCC(C(=O)N3CCCC3)CC2)c1. The molecule has 10 heteroatoms. The van der Waals surface area contributed by atoms with Crippen LogP contribution in [0, 0.1) is 5.92 Å². The first-order chi connectivity index (χ1) is 15.3. The molecule has 0 bridgehead atoms. The molecular weight excluding hydrogens is 436 g/mol. The van der Waals surface area contributed by atoms with E-state index < -0.39 is 16.0 Å². The number of hydrogen-bond acceptors (Lipinski definition) is 7. The van der Waals surface area contributed by atoms with Crippen LogP contribution in [-0.2, 0) is 24.3 Å². The summed E-state index contributed by atoms with van der Waals surface area (Å²) < 4.78 is 43.7. The number of esters is 1. The lowest BCUT2D eigenvalue weighted by Gasteiger charge is -2.32. The second-order valence-corrected chi connectivity index (χ2v) is 9.73. The second kappa shape index (κ2) is 10.4. The molecular formula is C22H30N2O7S. The standard InChI is InChI=1S/C22H30N2O7S/c1-29-18-14-16(6-7-20(25)30-2)15-19(21(18)31-3)32(27,28)24-12-8-17(9-13-24)22(26)23-10-4-5-11-23/h6-7,14-15,17H,4-5,8-13H2,1-3H3/b7-6+. The van der Waals surface area contributed by atoms with E-state index in [0.29, 0.717) is 18.4 Å². The van der Waals surface area contributed by atoms with E-state index in [-0.39, 0.29) is 41.3 Å². The fourth-order valence-corrected chi connectivity index (χ4v) is 5.82. The summed E-state index contributed by atoms with van der Waals surface area (Å²) in [7, 11) is 0.131. The molecule has 0 aromatic heterocycles. The monoisotopic (exact) mass is 466 g/mol. The maximum absolute atomic E-state index is 13.5. The first-order valence-corrected chi connectivity index (χ1v) is 12.1. The largest absolute Gasteiger partial charge is 0.493 e. The van der Waals surface area contributed by atoms with Crippen LogP contribution < -0.4 is 9.47 Å². The van der Waals surface area contributed by atoms with Gasteiger partial charge in [0.1, 0.15) is 4.90 Å². The number of rotatable bonds is 7. The first-order valence-electron chi connectivity index (χ1n) is 10.6. The number of ether oxygens (including phenoxy) is 3. The zero-order valence-electron chi connectivity index (χ0n) is 18.7. The third-order valence-electron chi connectivity index (χ3n) is 5.92. The van der Waals surface area contributed by atoms with E-state index in [1.165, 1.54) is 43.9 Å². The van der Waals surface area contributed by atoms with E-state index in [0.717, 1.165) is 25.9 Å². The molecule has 0 radical (unpaired) electrons. The summed E-state index contributed by atoms with van der Waals surface area (Å²) in [6, 6.07) is 3.02. The van der Waals surface area contributed by atoms with E-state index in [4.69, 9.17) is 9.47 Å². The van der Waals surface area contributed by atoms with Crippen molar-refractivity contribution in [3.63, 3.8) is 0 Å². The Morgan fingerprint density at radius 1 is 1.00 bits per heavy atom. The van der Waals surface area contributed by atoms with E-state index in [2.05, 4.69) is 4.74 Å².